The second-order valence-electron chi connectivity index (χ2n) is 3.53. The molecule has 116 valence electrons. The standard InChI is InChI=1S/C10H8F3IN2O5/c1-2-20-8(17)3-5-9(21-10(11,12)13)6(16(18)19)4-7(14)15-5/h4H,2-3H2,1H3. The van der Waals surface area contributed by atoms with Gasteiger partial charge in [-0.2, -0.15) is 0 Å². The van der Waals surface area contributed by atoms with Crippen LogP contribution in [0.2, 0.25) is 0 Å². The van der Waals surface area contributed by atoms with E-state index in [0.29, 0.717) is 0 Å². The zero-order chi connectivity index (χ0) is 16.2. The largest absolute Gasteiger partial charge is 0.573 e. The molecule has 0 aromatic carbocycles. The van der Waals surface area contributed by atoms with E-state index >= 15 is 0 Å². The normalized spacial score (nSPS) is 11.1. The number of hydrogen-bond acceptors (Lipinski definition) is 6. The molecular formula is C10H8F3IN2O5. The highest BCUT2D eigenvalue weighted by atomic mass is 127. The SMILES string of the molecule is CCOC(=O)Cc1nc(I)cc([N+](=O)[O-])c1OC(F)(F)F. The van der Waals surface area contributed by atoms with Crippen LogP contribution in [0.5, 0.6) is 5.75 Å². The number of nitrogens with zero attached hydrogens (tertiary/aromatic N) is 2. The number of carbonyl (C=O) groups is 1. The minimum absolute atomic E-state index is 0.0142. The molecule has 11 heteroatoms. The number of aromatic nitrogens is 1. The third-order valence-corrected chi connectivity index (χ3v) is 2.58. The molecule has 1 aromatic rings. The molecule has 0 atom stereocenters. The summed E-state index contributed by atoms with van der Waals surface area (Å²) in [7, 11) is 0. The molecule has 1 heterocycles. The molecule has 0 saturated heterocycles. The van der Waals surface area contributed by atoms with E-state index in [2.05, 4.69) is 14.5 Å². The topological polar surface area (TPSA) is 91.6 Å². The predicted octanol–water partition coefficient (Wildman–Crippen LogP) is 2.60. The minimum atomic E-state index is -5.15. The third kappa shape index (κ3) is 5.32. The summed E-state index contributed by atoms with van der Waals surface area (Å²) >= 11 is 1.58. The fourth-order valence-electron chi connectivity index (χ4n) is 1.37. The Balaban J connectivity index is 3.31. The fraction of sp³-hybridized carbons (Fsp3) is 0.400. The maximum atomic E-state index is 12.4. The summed E-state index contributed by atoms with van der Waals surface area (Å²) in [5, 5.41) is 10.8. The van der Waals surface area contributed by atoms with Crippen LogP contribution < -0.4 is 4.74 Å². The molecule has 0 amide bonds. The molecule has 7 nitrogen and oxygen atoms in total. The Morgan fingerprint density at radius 1 is 1.52 bits per heavy atom. The number of ether oxygens (including phenoxy) is 2. The van der Waals surface area contributed by atoms with Gasteiger partial charge in [0.05, 0.1) is 24.0 Å². The van der Waals surface area contributed by atoms with Gasteiger partial charge in [0.25, 0.3) is 0 Å². The van der Waals surface area contributed by atoms with Crippen molar-refractivity contribution >= 4 is 34.2 Å². The zero-order valence-corrected chi connectivity index (χ0v) is 12.6. The number of alkyl halides is 3. The molecule has 0 bridgehead atoms. The van der Waals surface area contributed by atoms with Crippen LogP contribution in [0.15, 0.2) is 6.07 Å². The quantitative estimate of drug-likeness (QED) is 0.239. The second-order valence-corrected chi connectivity index (χ2v) is 4.63. The predicted molar refractivity (Wildman–Crippen MR) is 70.6 cm³/mol. The zero-order valence-electron chi connectivity index (χ0n) is 10.4. The molecule has 0 fully saturated rings. The van der Waals surface area contributed by atoms with Gasteiger partial charge in [0, 0.05) is 0 Å². The minimum Gasteiger partial charge on any atom is -0.466 e. The molecule has 0 radical (unpaired) electrons. The lowest BCUT2D eigenvalue weighted by Gasteiger charge is -2.12. The Labute approximate surface area is 129 Å². The van der Waals surface area contributed by atoms with Crippen molar-refractivity contribution < 1.29 is 32.4 Å². The van der Waals surface area contributed by atoms with E-state index in [9.17, 15) is 28.1 Å². The van der Waals surface area contributed by atoms with Crippen LogP contribution in [0.4, 0.5) is 18.9 Å². The van der Waals surface area contributed by atoms with Crippen molar-refractivity contribution in [3.8, 4) is 5.75 Å². The van der Waals surface area contributed by atoms with Gasteiger partial charge in [0.15, 0.2) is 0 Å². The first-order valence-corrected chi connectivity index (χ1v) is 6.47. The lowest BCUT2D eigenvalue weighted by molar-refractivity contribution is -0.388. The van der Waals surface area contributed by atoms with E-state index < -0.39 is 40.8 Å². The highest BCUT2D eigenvalue weighted by molar-refractivity contribution is 14.1. The lowest BCUT2D eigenvalue weighted by Crippen LogP contribution is -2.21. The summed E-state index contributed by atoms with van der Waals surface area (Å²) in [6, 6.07) is 0.816. The maximum Gasteiger partial charge on any atom is 0.573 e. The highest BCUT2D eigenvalue weighted by Gasteiger charge is 2.37. The van der Waals surface area contributed by atoms with Crippen molar-refractivity contribution in [2.45, 2.75) is 19.7 Å². The Bertz CT molecular complexity index is 564. The molecule has 0 saturated carbocycles. The molecule has 0 aliphatic heterocycles. The van der Waals surface area contributed by atoms with Crippen molar-refractivity contribution in [1.82, 2.24) is 4.98 Å². The van der Waals surface area contributed by atoms with Crippen LogP contribution in [-0.4, -0.2) is 28.8 Å². The first-order chi connectivity index (χ1) is 9.64. The number of carbonyl (C=O) groups excluding carboxylic acids is 1. The van der Waals surface area contributed by atoms with Crippen LogP contribution in [0.3, 0.4) is 0 Å². The van der Waals surface area contributed by atoms with Gasteiger partial charge in [0.1, 0.15) is 9.39 Å². The maximum absolute atomic E-state index is 12.4. The fourth-order valence-corrected chi connectivity index (χ4v) is 1.96. The highest BCUT2D eigenvalue weighted by Crippen LogP contribution is 2.35. The average molecular weight is 420 g/mol. The summed E-state index contributed by atoms with van der Waals surface area (Å²) in [6.07, 6.45) is -5.82. The number of esters is 1. The number of hydrogen-bond donors (Lipinski definition) is 0. The molecule has 0 aliphatic rings. The van der Waals surface area contributed by atoms with Crippen molar-refractivity contribution in [3.63, 3.8) is 0 Å². The van der Waals surface area contributed by atoms with Crippen LogP contribution in [-0.2, 0) is 16.0 Å². The summed E-state index contributed by atoms with van der Waals surface area (Å²) in [4.78, 5) is 24.8. The van der Waals surface area contributed by atoms with Gasteiger partial charge in [-0.05, 0) is 29.5 Å². The monoisotopic (exact) mass is 420 g/mol. The van der Waals surface area contributed by atoms with Crippen LogP contribution >= 0.6 is 22.6 Å². The van der Waals surface area contributed by atoms with E-state index in [1.165, 1.54) is 6.92 Å². The number of halogens is 4. The van der Waals surface area contributed by atoms with Crippen LogP contribution in [0, 0.1) is 13.8 Å². The summed E-state index contributed by atoms with van der Waals surface area (Å²) < 4.78 is 45.4. The van der Waals surface area contributed by atoms with Crippen molar-refractivity contribution in [1.29, 1.82) is 0 Å². The Kier molecular flexibility index (Phi) is 5.69. The second kappa shape index (κ2) is 6.87. The molecule has 1 aromatic heterocycles. The summed E-state index contributed by atoms with van der Waals surface area (Å²) in [5.74, 6) is -1.98. The van der Waals surface area contributed by atoms with E-state index in [4.69, 9.17) is 0 Å². The molecule has 0 unspecified atom stereocenters. The van der Waals surface area contributed by atoms with Gasteiger partial charge in [-0.25, -0.2) is 4.98 Å². The van der Waals surface area contributed by atoms with Gasteiger partial charge >= 0.3 is 18.0 Å². The average Bonchev–Trinajstić information content (AvgIpc) is 2.30. The Morgan fingerprint density at radius 3 is 2.62 bits per heavy atom. The van der Waals surface area contributed by atoms with E-state index in [1.54, 1.807) is 22.6 Å². The first kappa shape index (κ1) is 17.4. The van der Waals surface area contributed by atoms with Gasteiger partial charge < -0.3 is 9.47 Å². The number of rotatable bonds is 5. The molecular weight excluding hydrogens is 412 g/mol. The smallest absolute Gasteiger partial charge is 0.466 e. The van der Waals surface area contributed by atoms with Crippen molar-refractivity contribution in [2.24, 2.45) is 0 Å². The van der Waals surface area contributed by atoms with Gasteiger partial charge in [-0.3, -0.25) is 14.9 Å². The molecule has 0 aliphatic carbocycles. The summed E-state index contributed by atoms with van der Waals surface area (Å²) in [6.45, 7) is 1.52. The summed E-state index contributed by atoms with van der Waals surface area (Å²) in [5.41, 5.74) is -1.43. The van der Waals surface area contributed by atoms with Gasteiger partial charge in [-0.15, -0.1) is 13.2 Å². The van der Waals surface area contributed by atoms with E-state index in [1.807, 2.05) is 0 Å². The number of pyridine rings is 1. The van der Waals surface area contributed by atoms with Gasteiger partial charge in [0.2, 0.25) is 5.75 Å². The Hall–Kier alpha value is -1.66. The molecule has 0 N–H and O–H groups in total. The molecule has 0 spiro atoms. The number of nitro groups is 1. The molecule has 21 heavy (non-hydrogen) atoms. The first-order valence-electron chi connectivity index (χ1n) is 5.39. The lowest BCUT2D eigenvalue weighted by atomic mass is 10.2. The van der Waals surface area contributed by atoms with Crippen molar-refractivity contribution in [2.75, 3.05) is 6.61 Å². The Morgan fingerprint density at radius 2 is 2.14 bits per heavy atom. The van der Waals surface area contributed by atoms with Crippen molar-refractivity contribution in [3.05, 3.63) is 25.6 Å². The van der Waals surface area contributed by atoms with Crippen LogP contribution in [0.1, 0.15) is 12.6 Å². The third-order valence-electron chi connectivity index (χ3n) is 2.02. The molecule has 1 rings (SSSR count). The van der Waals surface area contributed by atoms with Gasteiger partial charge in [-0.1, -0.05) is 0 Å². The van der Waals surface area contributed by atoms with E-state index in [-0.39, 0.29) is 10.3 Å². The van der Waals surface area contributed by atoms with Crippen LogP contribution in [0.25, 0.3) is 0 Å². The van der Waals surface area contributed by atoms with E-state index in [0.717, 1.165) is 6.07 Å².